The first-order valence-corrected chi connectivity index (χ1v) is 12.7. The lowest BCUT2D eigenvalue weighted by Crippen LogP contribution is -2.39. The normalized spacial score (nSPS) is 18.5. The summed E-state index contributed by atoms with van der Waals surface area (Å²) >= 11 is 8.21. The van der Waals surface area contributed by atoms with Crippen LogP contribution in [0.5, 0.6) is 0 Å². The number of hydrogen-bond acceptors (Lipinski definition) is 5. The zero-order valence-electron chi connectivity index (χ0n) is 18.2. The number of fused-ring (bicyclic) bond motifs is 2. The molecule has 0 saturated carbocycles. The number of piperidine rings is 1. The molecule has 1 aromatic heterocycles. The van der Waals surface area contributed by atoms with Crippen LogP contribution < -0.4 is 9.80 Å². The van der Waals surface area contributed by atoms with Gasteiger partial charge in [-0.05, 0) is 43.0 Å². The van der Waals surface area contributed by atoms with Crippen molar-refractivity contribution in [3.8, 4) is 0 Å². The molecule has 0 radical (unpaired) electrons. The van der Waals surface area contributed by atoms with Gasteiger partial charge in [-0.1, -0.05) is 47.6 Å². The maximum Gasteiger partial charge on any atom is 0.219 e. The van der Waals surface area contributed by atoms with Gasteiger partial charge in [0.2, 0.25) is 6.54 Å². The standard InChI is InChI=1S/C25H26ClN5S/c1-27-14-17-6-5-12-31(15-17)24-19-11-13-30(16-21(19)28-25(29-24)32-2)22-10-4-8-18-7-3-9-20(26)23(18)22/h3-4,7-10,17H,5-6,11-16H2,2H3/t17-/m0/s1. The zero-order valence-corrected chi connectivity index (χ0v) is 19.8. The van der Waals surface area contributed by atoms with E-state index in [2.05, 4.69) is 38.9 Å². The Morgan fingerprint density at radius 3 is 2.81 bits per heavy atom. The molecular weight excluding hydrogens is 438 g/mol. The highest BCUT2D eigenvalue weighted by molar-refractivity contribution is 7.98. The average molecular weight is 464 g/mol. The van der Waals surface area contributed by atoms with Crippen LogP contribution in [0.25, 0.3) is 15.6 Å². The van der Waals surface area contributed by atoms with Gasteiger partial charge < -0.3 is 14.6 Å². The fourth-order valence-corrected chi connectivity index (χ4v) is 5.68. The number of hydrogen-bond donors (Lipinski definition) is 0. The molecule has 5 nitrogen and oxygen atoms in total. The molecule has 0 bridgehead atoms. The van der Waals surface area contributed by atoms with Crippen LogP contribution in [0, 0.1) is 12.5 Å². The van der Waals surface area contributed by atoms with E-state index in [1.165, 1.54) is 11.3 Å². The molecule has 2 aromatic carbocycles. The summed E-state index contributed by atoms with van der Waals surface area (Å²) in [6, 6.07) is 12.5. The van der Waals surface area contributed by atoms with E-state index in [1.807, 2.05) is 18.4 Å². The monoisotopic (exact) mass is 463 g/mol. The van der Waals surface area contributed by atoms with E-state index in [0.29, 0.717) is 12.5 Å². The predicted molar refractivity (Wildman–Crippen MR) is 134 cm³/mol. The topological polar surface area (TPSA) is 36.6 Å². The third-order valence-corrected chi connectivity index (χ3v) is 7.41. The van der Waals surface area contributed by atoms with Gasteiger partial charge in [0.15, 0.2) is 5.16 Å². The lowest BCUT2D eigenvalue weighted by Gasteiger charge is -2.36. The third kappa shape index (κ3) is 4.00. The fourth-order valence-electron chi connectivity index (χ4n) is 5.02. The van der Waals surface area contributed by atoms with Gasteiger partial charge in [-0.3, -0.25) is 0 Å². The molecule has 1 atom stereocenters. The Hall–Kier alpha value is -2.49. The number of rotatable bonds is 4. The van der Waals surface area contributed by atoms with Gasteiger partial charge in [0.1, 0.15) is 5.82 Å². The first-order valence-electron chi connectivity index (χ1n) is 11.1. The summed E-state index contributed by atoms with van der Waals surface area (Å²) in [6.07, 6.45) is 5.20. The smallest absolute Gasteiger partial charge is 0.219 e. The van der Waals surface area contributed by atoms with Gasteiger partial charge in [-0.15, -0.1) is 0 Å². The van der Waals surface area contributed by atoms with Crippen LogP contribution in [-0.2, 0) is 13.0 Å². The second kappa shape index (κ2) is 9.17. The summed E-state index contributed by atoms with van der Waals surface area (Å²) in [7, 11) is 0. The minimum absolute atomic E-state index is 0.433. The van der Waals surface area contributed by atoms with Crippen molar-refractivity contribution >= 4 is 45.6 Å². The van der Waals surface area contributed by atoms with Gasteiger partial charge >= 0.3 is 0 Å². The summed E-state index contributed by atoms with van der Waals surface area (Å²) in [5.41, 5.74) is 3.55. The molecule has 5 rings (SSSR count). The highest BCUT2D eigenvalue weighted by atomic mass is 35.5. The Morgan fingerprint density at radius 1 is 1.16 bits per heavy atom. The molecule has 1 fully saturated rings. The molecule has 0 spiro atoms. The molecule has 2 aliphatic heterocycles. The summed E-state index contributed by atoms with van der Waals surface area (Å²) < 4.78 is 0. The zero-order chi connectivity index (χ0) is 22.1. The Bertz CT molecular complexity index is 1190. The van der Waals surface area contributed by atoms with Crippen LogP contribution in [0.1, 0.15) is 24.1 Å². The van der Waals surface area contributed by atoms with E-state index < -0.39 is 0 Å². The maximum atomic E-state index is 7.26. The van der Waals surface area contributed by atoms with Crippen molar-refractivity contribution in [2.45, 2.75) is 31.0 Å². The SMILES string of the molecule is [C-]#[N+]C[C@@H]1CCCN(c2nc(SC)nc3c2CCN(c2cccc4cccc(Cl)c24)C3)C1. The minimum Gasteiger partial charge on any atom is -0.365 e. The molecule has 0 aliphatic carbocycles. The van der Waals surface area contributed by atoms with Crippen molar-refractivity contribution in [2.75, 3.05) is 42.2 Å². The number of nitrogens with zero attached hydrogens (tertiary/aromatic N) is 5. The number of thioether (sulfide) groups is 1. The van der Waals surface area contributed by atoms with Crippen molar-refractivity contribution < 1.29 is 0 Å². The van der Waals surface area contributed by atoms with E-state index >= 15 is 0 Å². The Labute approximate surface area is 198 Å². The molecule has 1 saturated heterocycles. The quantitative estimate of drug-likeness (QED) is 0.281. The van der Waals surface area contributed by atoms with Crippen LogP contribution >= 0.6 is 23.4 Å². The van der Waals surface area contributed by atoms with Crippen LogP contribution in [0.4, 0.5) is 11.5 Å². The molecular formula is C25H26ClN5S. The lowest BCUT2D eigenvalue weighted by atomic mass is 9.96. The number of benzene rings is 2. The van der Waals surface area contributed by atoms with Crippen molar-refractivity contribution in [3.63, 3.8) is 0 Å². The van der Waals surface area contributed by atoms with Gasteiger partial charge in [0.25, 0.3) is 0 Å². The number of anilines is 2. The van der Waals surface area contributed by atoms with Crippen LogP contribution in [-0.4, -0.2) is 42.4 Å². The van der Waals surface area contributed by atoms with Crippen molar-refractivity contribution in [2.24, 2.45) is 5.92 Å². The fraction of sp³-hybridized carbons (Fsp3) is 0.400. The molecule has 0 amide bonds. The largest absolute Gasteiger partial charge is 0.365 e. The first kappa shape index (κ1) is 21.4. The van der Waals surface area contributed by atoms with E-state index in [0.717, 1.165) is 77.9 Å². The molecule has 2 aliphatic rings. The minimum atomic E-state index is 0.433. The predicted octanol–water partition coefficient (Wildman–Crippen LogP) is 5.70. The van der Waals surface area contributed by atoms with Crippen LogP contribution in [0.15, 0.2) is 41.6 Å². The highest BCUT2D eigenvalue weighted by Crippen LogP contribution is 2.37. The van der Waals surface area contributed by atoms with E-state index in [-0.39, 0.29) is 0 Å². The lowest BCUT2D eigenvalue weighted by molar-refractivity contribution is 0.435. The molecule has 7 heteroatoms. The Balaban J connectivity index is 1.51. The number of halogens is 1. The molecule has 32 heavy (non-hydrogen) atoms. The molecule has 3 heterocycles. The van der Waals surface area contributed by atoms with Gasteiger partial charge in [0, 0.05) is 42.2 Å². The van der Waals surface area contributed by atoms with E-state index in [1.54, 1.807) is 11.8 Å². The average Bonchev–Trinajstić information content (AvgIpc) is 2.83. The van der Waals surface area contributed by atoms with Crippen molar-refractivity contribution in [1.29, 1.82) is 0 Å². The molecule has 0 unspecified atom stereocenters. The summed E-state index contributed by atoms with van der Waals surface area (Å²) in [4.78, 5) is 18.3. The summed E-state index contributed by atoms with van der Waals surface area (Å²) in [5, 5.41) is 3.88. The molecule has 0 N–H and O–H groups in total. The van der Waals surface area contributed by atoms with Crippen molar-refractivity contribution in [3.05, 3.63) is 64.1 Å². The van der Waals surface area contributed by atoms with Crippen LogP contribution in [0.2, 0.25) is 5.02 Å². The second-order valence-electron chi connectivity index (χ2n) is 8.54. The second-order valence-corrected chi connectivity index (χ2v) is 9.72. The molecule has 164 valence electrons. The van der Waals surface area contributed by atoms with Crippen LogP contribution in [0.3, 0.4) is 0 Å². The summed E-state index contributed by atoms with van der Waals surface area (Å²) in [5.74, 6) is 1.52. The summed E-state index contributed by atoms with van der Waals surface area (Å²) in [6.45, 7) is 11.5. The first-order chi connectivity index (χ1) is 15.7. The van der Waals surface area contributed by atoms with E-state index in [4.69, 9.17) is 28.1 Å². The number of aromatic nitrogens is 2. The van der Waals surface area contributed by atoms with E-state index in [9.17, 15) is 0 Å². The highest BCUT2D eigenvalue weighted by Gasteiger charge is 2.29. The van der Waals surface area contributed by atoms with Gasteiger partial charge in [0.05, 0.1) is 17.3 Å². The maximum absolute atomic E-state index is 7.26. The van der Waals surface area contributed by atoms with Gasteiger partial charge in [-0.2, -0.15) is 0 Å². The van der Waals surface area contributed by atoms with Gasteiger partial charge in [-0.25, -0.2) is 16.5 Å². The third-order valence-electron chi connectivity index (χ3n) is 6.55. The molecule has 3 aromatic rings. The Morgan fingerprint density at radius 2 is 2.00 bits per heavy atom. The van der Waals surface area contributed by atoms with Crippen molar-refractivity contribution in [1.82, 2.24) is 9.97 Å². The Kier molecular flexibility index (Phi) is 6.12.